The molecule has 518 valence electrons. The Balaban J connectivity index is 1.41. The molecule has 1 fully saturated rings. The van der Waals surface area contributed by atoms with Crippen molar-refractivity contribution in [1.82, 2.24) is 37.2 Å². The number of ether oxygens (including phenoxy) is 4. The first kappa shape index (κ1) is 80.9. The maximum atomic E-state index is 13.2. The van der Waals surface area contributed by atoms with Crippen molar-refractivity contribution >= 4 is 58.9 Å². The quantitative estimate of drug-likeness (QED) is 0.0413. The van der Waals surface area contributed by atoms with Crippen LogP contribution in [-0.4, -0.2) is 191 Å². The second-order valence-corrected chi connectivity index (χ2v) is 23.7. The zero-order valence-electron chi connectivity index (χ0n) is 54.2. The van der Waals surface area contributed by atoms with Crippen molar-refractivity contribution in [3.05, 3.63) is 29.8 Å². The number of hydrogen-bond acceptors (Lipinski definition) is 18. The maximum absolute atomic E-state index is 13.2. The summed E-state index contributed by atoms with van der Waals surface area (Å²) in [5.41, 5.74) is 12.0. The number of Topliss-reactive ketones (excluding diaryl/α,β-unsaturated/α-hetero) is 2. The first-order valence-electron chi connectivity index (χ1n) is 33.3. The molecule has 2 rings (SSSR count). The minimum Gasteiger partial charge on any atom is -0.508 e. The summed E-state index contributed by atoms with van der Waals surface area (Å²) in [6.45, 7) is 3.05. The highest BCUT2D eigenvalue weighted by molar-refractivity contribution is 5.89. The number of aromatic hydroxyl groups is 1. The molecule has 0 spiro atoms. The lowest BCUT2D eigenvalue weighted by Crippen LogP contribution is -2.50. The SMILES string of the molecule is C[C@H](N)C(=O)CN[C@@H](CCCCNC(=O)COCCOCCNC(=O)COCCOCCNC(=O)CC[C@H](NC(=O)C1CCC(CNC(=O)CCCCCCCCCCCCCCCCCCC(=O)O)CC1)C(=O)O)C(=O)CN[C@@H](Cc1ccc(O)cc1)C(N)=O. The van der Waals surface area contributed by atoms with Crippen molar-refractivity contribution in [3.8, 4) is 5.75 Å². The lowest BCUT2D eigenvalue weighted by atomic mass is 9.81. The summed E-state index contributed by atoms with van der Waals surface area (Å²) < 4.78 is 21.6. The van der Waals surface area contributed by atoms with Crippen LogP contribution in [0.4, 0.5) is 0 Å². The van der Waals surface area contributed by atoms with Gasteiger partial charge in [0.05, 0.1) is 70.9 Å². The predicted octanol–water partition coefficient (Wildman–Crippen LogP) is 3.79. The van der Waals surface area contributed by atoms with Gasteiger partial charge in [-0.2, -0.15) is 0 Å². The van der Waals surface area contributed by atoms with Crippen molar-refractivity contribution in [1.29, 1.82) is 0 Å². The van der Waals surface area contributed by atoms with E-state index in [2.05, 4.69) is 37.2 Å². The summed E-state index contributed by atoms with van der Waals surface area (Å²) in [7, 11) is 0. The molecule has 0 unspecified atom stereocenters. The van der Waals surface area contributed by atoms with Crippen molar-refractivity contribution in [2.45, 2.75) is 211 Å². The number of ketones is 2. The fourth-order valence-electron chi connectivity index (χ4n) is 10.3. The Morgan fingerprint density at radius 3 is 1.49 bits per heavy atom. The zero-order valence-corrected chi connectivity index (χ0v) is 54.2. The number of aliphatic carboxylic acids is 2. The molecule has 1 aliphatic carbocycles. The van der Waals surface area contributed by atoms with Gasteiger partial charge in [0.25, 0.3) is 0 Å². The van der Waals surface area contributed by atoms with Crippen LogP contribution in [0.1, 0.15) is 186 Å². The average Bonchev–Trinajstić information content (AvgIpc) is 2.00. The van der Waals surface area contributed by atoms with E-state index in [0.29, 0.717) is 51.6 Å². The number of rotatable bonds is 59. The minimum atomic E-state index is -1.22. The molecule has 4 atom stereocenters. The number of hydrogen-bond donors (Lipinski definition) is 12. The molecular formula is C65H111N9O17. The summed E-state index contributed by atoms with van der Waals surface area (Å²) in [5.74, 6) is -4.49. The Labute approximate surface area is 538 Å². The van der Waals surface area contributed by atoms with Gasteiger partial charge in [0.2, 0.25) is 35.4 Å². The first-order valence-corrected chi connectivity index (χ1v) is 33.3. The molecule has 26 nitrogen and oxygen atoms in total. The number of phenols is 1. The predicted molar refractivity (Wildman–Crippen MR) is 342 cm³/mol. The molecule has 0 heterocycles. The average molecular weight is 1290 g/mol. The van der Waals surface area contributed by atoms with Crippen LogP contribution in [0.5, 0.6) is 5.75 Å². The molecule has 6 amide bonds. The molecule has 1 aromatic rings. The van der Waals surface area contributed by atoms with Crippen LogP contribution < -0.4 is 48.7 Å². The first-order chi connectivity index (χ1) is 43.8. The second-order valence-electron chi connectivity index (χ2n) is 23.7. The van der Waals surface area contributed by atoms with E-state index in [4.69, 9.17) is 35.5 Å². The van der Waals surface area contributed by atoms with Crippen LogP contribution in [0.3, 0.4) is 0 Å². The second kappa shape index (κ2) is 52.3. The van der Waals surface area contributed by atoms with Crippen molar-refractivity contribution in [2.75, 3.05) is 92.1 Å². The number of nitrogens with two attached hydrogens (primary N) is 2. The van der Waals surface area contributed by atoms with E-state index >= 15 is 0 Å². The van der Waals surface area contributed by atoms with Gasteiger partial charge in [-0.25, -0.2) is 4.79 Å². The molecule has 1 saturated carbocycles. The van der Waals surface area contributed by atoms with Gasteiger partial charge in [0, 0.05) is 51.4 Å². The smallest absolute Gasteiger partial charge is 0.326 e. The molecular weight excluding hydrogens is 1180 g/mol. The number of carboxylic acid groups (broad SMARTS) is 2. The molecule has 14 N–H and O–H groups in total. The molecule has 1 aromatic carbocycles. The Kier molecular flexibility index (Phi) is 46.6. The number of carbonyl (C=O) groups excluding carboxylic acids is 8. The van der Waals surface area contributed by atoms with E-state index in [-0.39, 0.29) is 163 Å². The normalized spacial score (nSPS) is 15.1. The van der Waals surface area contributed by atoms with Crippen LogP contribution in [0.15, 0.2) is 24.3 Å². The monoisotopic (exact) mass is 1290 g/mol. The molecule has 0 aliphatic heterocycles. The number of carbonyl (C=O) groups is 10. The van der Waals surface area contributed by atoms with Crippen molar-refractivity contribution < 1.29 is 82.2 Å². The maximum Gasteiger partial charge on any atom is 0.326 e. The molecule has 0 radical (unpaired) electrons. The van der Waals surface area contributed by atoms with Crippen molar-refractivity contribution in [2.24, 2.45) is 23.3 Å². The number of phenolic OH excluding ortho intramolecular Hbond substituents is 1. The standard InChI is InChI=1S/C65H111N9O17/c1-48(66)56(76)44-71-53(57(77)45-72-55(63(67)84)42-49-25-29-52(75)30-26-49)20-18-19-33-68-60(80)46-90-40-39-89-37-35-70-61(81)47-91-41-38-88-36-34-69-59(79)32-31-54(65(86)87)74-64(85)51-27-23-50(24-28-51)43-73-58(78)21-16-14-12-10-8-6-4-2-3-5-7-9-11-13-15-17-22-62(82)83/h25-26,29-30,48,50-51,53-55,71-72,75H,2-24,27-28,31-47,66H2,1H3,(H2,67,84)(H,68,80)(H,69,79)(H,70,81)(H,73,78)(H,74,85)(H,82,83)(H,86,87)/t48-,50?,51?,53-,54-,55-/m0/s1. The molecule has 0 saturated heterocycles. The fourth-order valence-corrected chi connectivity index (χ4v) is 10.3. The Bertz CT molecular complexity index is 2240. The van der Waals surface area contributed by atoms with Crippen molar-refractivity contribution in [3.63, 3.8) is 0 Å². The van der Waals surface area contributed by atoms with Crippen LogP contribution in [-0.2, 0) is 73.3 Å². The molecule has 0 bridgehead atoms. The summed E-state index contributed by atoms with van der Waals surface area (Å²) in [5, 5.41) is 47.6. The third-order valence-corrected chi connectivity index (χ3v) is 15.9. The van der Waals surface area contributed by atoms with E-state index < -0.39 is 42.0 Å². The van der Waals surface area contributed by atoms with Crippen LogP contribution in [0, 0.1) is 11.8 Å². The minimum absolute atomic E-state index is 0.0578. The van der Waals surface area contributed by atoms with E-state index in [1.165, 1.54) is 76.3 Å². The molecule has 26 heteroatoms. The van der Waals surface area contributed by atoms with Gasteiger partial charge in [-0.1, -0.05) is 102 Å². The van der Waals surface area contributed by atoms with E-state index in [9.17, 15) is 58.2 Å². The number of nitrogens with one attached hydrogen (secondary N) is 7. The Morgan fingerprint density at radius 1 is 0.505 bits per heavy atom. The number of benzene rings is 1. The Hall–Kier alpha value is -6.16. The highest BCUT2D eigenvalue weighted by Crippen LogP contribution is 2.29. The van der Waals surface area contributed by atoms with Crippen LogP contribution in [0.25, 0.3) is 0 Å². The van der Waals surface area contributed by atoms with Gasteiger partial charge in [0.1, 0.15) is 25.0 Å². The lowest BCUT2D eigenvalue weighted by Gasteiger charge is -2.28. The van der Waals surface area contributed by atoms with Crippen LogP contribution in [0.2, 0.25) is 0 Å². The number of unbranched alkanes of at least 4 members (excludes halogenated alkanes) is 16. The number of carboxylic acids is 2. The largest absolute Gasteiger partial charge is 0.508 e. The third kappa shape index (κ3) is 44.1. The summed E-state index contributed by atoms with van der Waals surface area (Å²) in [6, 6.07) is 2.77. The van der Waals surface area contributed by atoms with Gasteiger partial charge in [0.15, 0.2) is 11.6 Å². The van der Waals surface area contributed by atoms with Gasteiger partial charge in [-0.15, -0.1) is 0 Å². The fraction of sp³-hybridized carbons (Fsp3) is 0.754. The zero-order chi connectivity index (χ0) is 66.7. The third-order valence-electron chi connectivity index (χ3n) is 15.9. The molecule has 1 aliphatic rings. The topological polar surface area (TPSA) is 405 Å². The van der Waals surface area contributed by atoms with E-state index in [1.54, 1.807) is 19.1 Å². The summed E-state index contributed by atoms with van der Waals surface area (Å²) in [4.78, 5) is 122. The van der Waals surface area contributed by atoms with E-state index in [1.807, 2.05) is 0 Å². The molecule has 91 heavy (non-hydrogen) atoms. The van der Waals surface area contributed by atoms with Gasteiger partial charge < -0.3 is 77.6 Å². The van der Waals surface area contributed by atoms with Crippen LogP contribution >= 0.6 is 0 Å². The highest BCUT2D eigenvalue weighted by atomic mass is 16.5. The highest BCUT2D eigenvalue weighted by Gasteiger charge is 2.30. The van der Waals surface area contributed by atoms with Gasteiger partial charge in [-0.3, -0.25) is 48.5 Å². The summed E-state index contributed by atoms with van der Waals surface area (Å²) >= 11 is 0. The van der Waals surface area contributed by atoms with E-state index in [0.717, 1.165) is 56.9 Å². The number of amides is 6. The summed E-state index contributed by atoms with van der Waals surface area (Å²) in [6.07, 6.45) is 23.5. The van der Waals surface area contributed by atoms with Gasteiger partial charge in [-0.05, 0) is 101 Å². The number of primary amides is 1. The molecule has 0 aromatic heterocycles. The van der Waals surface area contributed by atoms with Gasteiger partial charge >= 0.3 is 11.9 Å². The Morgan fingerprint density at radius 2 is 0.978 bits per heavy atom. The lowest BCUT2D eigenvalue weighted by molar-refractivity contribution is -0.143.